The van der Waals surface area contributed by atoms with Gasteiger partial charge in [-0.1, -0.05) is 12.1 Å². The zero-order chi connectivity index (χ0) is 18.8. The normalized spacial score (nSPS) is 11.2. The predicted molar refractivity (Wildman–Crippen MR) is 104 cm³/mol. The third-order valence-corrected chi connectivity index (χ3v) is 4.56. The van der Waals surface area contributed by atoms with Crippen molar-refractivity contribution in [2.45, 2.75) is 12.8 Å². The van der Waals surface area contributed by atoms with E-state index in [9.17, 15) is 4.79 Å². The summed E-state index contributed by atoms with van der Waals surface area (Å²) in [4.78, 5) is 18.5. The third kappa shape index (κ3) is 3.48. The summed E-state index contributed by atoms with van der Waals surface area (Å²) < 4.78 is 9.67. The summed E-state index contributed by atoms with van der Waals surface area (Å²) in [5, 5.41) is 4.39. The van der Waals surface area contributed by atoms with Crippen molar-refractivity contribution in [2.24, 2.45) is 14.1 Å². The molecule has 0 saturated carbocycles. The number of pyridine rings is 1. The van der Waals surface area contributed by atoms with Crippen LogP contribution in [0, 0.1) is 0 Å². The highest BCUT2D eigenvalue weighted by Crippen LogP contribution is 2.27. The van der Waals surface area contributed by atoms with Crippen LogP contribution in [0.25, 0.3) is 22.2 Å². The summed E-state index contributed by atoms with van der Waals surface area (Å²) in [6.45, 7) is 0.552. The minimum absolute atomic E-state index is 0.131. The molecule has 1 aromatic carbocycles. The monoisotopic (exact) mass is 363 g/mol. The van der Waals surface area contributed by atoms with Crippen molar-refractivity contribution in [1.29, 1.82) is 0 Å². The number of rotatable bonds is 6. The van der Waals surface area contributed by atoms with Gasteiger partial charge in [-0.05, 0) is 30.5 Å². The number of para-hydroxylation sites is 1. The number of imidazole rings is 1. The first-order valence-electron chi connectivity index (χ1n) is 8.86. The van der Waals surface area contributed by atoms with E-state index in [1.54, 1.807) is 16.9 Å². The molecule has 0 unspecified atom stereocenters. The first-order valence-corrected chi connectivity index (χ1v) is 8.86. The second-order valence-corrected chi connectivity index (χ2v) is 6.56. The first-order chi connectivity index (χ1) is 13.1. The lowest BCUT2D eigenvalue weighted by atomic mass is 10.1. The average Bonchev–Trinajstić information content (AvgIpc) is 3.23. The number of nitrogens with zero attached hydrogens (tertiary/aromatic N) is 4. The number of hydrogen-bond acceptors (Lipinski definition) is 4. The molecule has 0 atom stereocenters. The molecule has 3 heterocycles. The van der Waals surface area contributed by atoms with Crippen LogP contribution in [0.5, 0.6) is 5.88 Å². The van der Waals surface area contributed by atoms with Gasteiger partial charge in [-0.2, -0.15) is 0 Å². The fourth-order valence-electron chi connectivity index (χ4n) is 3.20. The van der Waals surface area contributed by atoms with E-state index in [-0.39, 0.29) is 5.56 Å². The third-order valence-electron chi connectivity index (χ3n) is 4.56. The highest BCUT2D eigenvalue weighted by Gasteiger charge is 2.12. The van der Waals surface area contributed by atoms with Crippen LogP contribution in [-0.2, 0) is 20.5 Å². The van der Waals surface area contributed by atoms with Gasteiger partial charge in [0, 0.05) is 38.1 Å². The summed E-state index contributed by atoms with van der Waals surface area (Å²) in [6, 6.07) is 9.52. The molecule has 4 aromatic rings. The Morgan fingerprint density at radius 2 is 2.07 bits per heavy atom. The van der Waals surface area contributed by atoms with Gasteiger partial charge in [0.25, 0.3) is 0 Å². The largest absolute Gasteiger partial charge is 0.476 e. The summed E-state index contributed by atoms with van der Waals surface area (Å²) in [5.41, 5.74) is 5.01. The lowest BCUT2D eigenvalue weighted by Gasteiger charge is -2.07. The molecule has 27 heavy (non-hydrogen) atoms. The Labute approximate surface area is 156 Å². The van der Waals surface area contributed by atoms with E-state index >= 15 is 0 Å². The van der Waals surface area contributed by atoms with E-state index in [2.05, 4.69) is 33.3 Å². The first kappa shape index (κ1) is 17.1. The molecule has 0 aliphatic rings. The van der Waals surface area contributed by atoms with Gasteiger partial charge in [0.2, 0.25) is 11.4 Å². The van der Waals surface area contributed by atoms with Crippen molar-refractivity contribution in [2.75, 3.05) is 6.61 Å². The fourth-order valence-corrected chi connectivity index (χ4v) is 3.20. The van der Waals surface area contributed by atoms with Crippen LogP contribution in [0.2, 0.25) is 0 Å². The smallest absolute Gasteiger partial charge is 0.247 e. The number of ether oxygens (including phenoxy) is 1. The van der Waals surface area contributed by atoms with Crippen LogP contribution >= 0.6 is 0 Å². The van der Waals surface area contributed by atoms with Crippen LogP contribution in [0.1, 0.15) is 12.0 Å². The second kappa shape index (κ2) is 7.11. The summed E-state index contributed by atoms with van der Waals surface area (Å²) >= 11 is 0. The second-order valence-electron chi connectivity index (χ2n) is 6.56. The van der Waals surface area contributed by atoms with Gasteiger partial charge in [-0.15, -0.1) is 5.10 Å². The van der Waals surface area contributed by atoms with Gasteiger partial charge in [0.1, 0.15) is 0 Å². The Hall–Kier alpha value is -3.35. The maximum absolute atomic E-state index is 11.3. The molecule has 0 radical (unpaired) electrons. The predicted octanol–water partition coefficient (Wildman–Crippen LogP) is 2.67. The number of aromatic nitrogens is 5. The number of fused-ring (bicyclic) bond motifs is 1. The number of benzene rings is 1. The van der Waals surface area contributed by atoms with Crippen molar-refractivity contribution >= 4 is 11.0 Å². The number of H-pyrrole nitrogens is 1. The molecular formula is C20H21N5O2. The zero-order valence-electron chi connectivity index (χ0n) is 15.3. The van der Waals surface area contributed by atoms with Crippen molar-refractivity contribution < 1.29 is 4.74 Å². The maximum Gasteiger partial charge on any atom is 0.247 e. The van der Waals surface area contributed by atoms with E-state index in [0.717, 1.165) is 35.0 Å². The molecule has 0 amide bonds. The van der Waals surface area contributed by atoms with Crippen LogP contribution < -0.4 is 10.3 Å². The lowest BCUT2D eigenvalue weighted by Crippen LogP contribution is -2.03. The zero-order valence-corrected chi connectivity index (χ0v) is 15.3. The van der Waals surface area contributed by atoms with Gasteiger partial charge in [0.15, 0.2) is 0 Å². The van der Waals surface area contributed by atoms with E-state index in [4.69, 9.17) is 4.74 Å². The van der Waals surface area contributed by atoms with Crippen molar-refractivity contribution in [1.82, 2.24) is 24.3 Å². The van der Waals surface area contributed by atoms with Crippen molar-refractivity contribution in [3.63, 3.8) is 0 Å². The molecule has 0 saturated heterocycles. The minimum Gasteiger partial charge on any atom is -0.476 e. The highest BCUT2D eigenvalue weighted by atomic mass is 16.5. The lowest BCUT2D eigenvalue weighted by molar-refractivity contribution is 0.297. The molecular weight excluding hydrogens is 342 g/mol. The molecule has 0 bridgehead atoms. The van der Waals surface area contributed by atoms with Crippen LogP contribution in [0.3, 0.4) is 0 Å². The number of nitrogens with one attached hydrogen (secondary N) is 1. The van der Waals surface area contributed by atoms with Crippen LogP contribution in [-0.4, -0.2) is 30.9 Å². The van der Waals surface area contributed by atoms with Crippen LogP contribution in [0.15, 0.2) is 53.8 Å². The number of aromatic amines is 1. The molecule has 138 valence electrons. The molecule has 0 spiro atoms. The quantitative estimate of drug-likeness (QED) is 0.534. The van der Waals surface area contributed by atoms with Crippen LogP contribution in [0.4, 0.5) is 0 Å². The van der Waals surface area contributed by atoms with E-state index in [1.165, 1.54) is 11.6 Å². The Morgan fingerprint density at radius 3 is 2.89 bits per heavy atom. The highest BCUT2D eigenvalue weighted by molar-refractivity contribution is 5.78. The Bertz CT molecular complexity index is 1120. The minimum atomic E-state index is -0.131. The Kier molecular flexibility index (Phi) is 4.50. The van der Waals surface area contributed by atoms with Gasteiger partial charge in [0.05, 0.1) is 29.5 Å². The van der Waals surface area contributed by atoms with Crippen molar-refractivity contribution in [3.05, 3.63) is 65.0 Å². The molecule has 3 aromatic heterocycles. The van der Waals surface area contributed by atoms with Gasteiger partial charge in [-0.3, -0.25) is 9.48 Å². The summed E-state index contributed by atoms with van der Waals surface area (Å²) in [6.07, 6.45) is 7.15. The molecule has 0 fully saturated rings. The molecule has 0 aliphatic carbocycles. The van der Waals surface area contributed by atoms with E-state index in [0.29, 0.717) is 12.5 Å². The topological polar surface area (TPSA) is 77.7 Å². The number of aryl methyl sites for hydroxylation is 3. The molecule has 4 rings (SSSR count). The Morgan fingerprint density at radius 1 is 1.19 bits per heavy atom. The molecule has 7 heteroatoms. The van der Waals surface area contributed by atoms with Gasteiger partial charge < -0.3 is 14.3 Å². The molecule has 7 nitrogen and oxygen atoms in total. The maximum atomic E-state index is 11.3. The molecule has 0 aliphatic heterocycles. The molecule has 1 N–H and O–H groups in total. The summed E-state index contributed by atoms with van der Waals surface area (Å²) in [5.74, 6) is 0.570. The standard InChI is InChI=1S/C20H21N5O2/c1-24-13-22-19-14(5-3-7-17(19)24)6-4-10-27-20-16(12-25(2)23-20)15-8-9-18(26)21-11-15/h3,5,7-9,11-13H,4,6,10H2,1-2H3,(H,21,26). The van der Waals surface area contributed by atoms with Crippen molar-refractivity contribution in [3.8, 4) is 17.0 Å². The number of hydrogen-bond donors (Lipinski definition) is 1. The SMILES string of the molecule is Cn1cc(-c2ccc(=O)[nH]c2)c(OCCCc2cccc3c2ncn3C)n1. The average molecular weight is 363 g/mol. The van der Waals surface area contributed by atoms with E-state index < -0.39 is 0 Å². The Balaban J connectivity index is 1.44. The van der Waals surface area contributed by atoms with Gasteiger partial charge >= 0.3 is 0 Å². The van der Waals surface area contributed by atoms with Gasteiger partial charge in [-0.25, -0.2) is 4.98 Å². The fraction of sp³-hybridized carbons (Fsp3) is 0.250. The van der Waals surface area contributed by atoms with E-state index in [1.807, 2.05) is 31.2 Å². The summed E-state index contributed by atoms with van der Waals surface area (Å²) in [7, 11) is 3.85.